The van der Waals surface area contributed by atoms with Crippen LogP contribution in [0.2, 0.25) is 0 Å². The molecule has 2 fully saturated rings. The minimum atomic E-state index is -0.255. The average Bonchev–Trinajstić information content (AvgIpc) is 3.43. The molecule has 2 aliphatic rings. The number of rotatable bonds is 4. The molecule has 0 radical (unpaired) electrons. The van der Waals surface area contributed by atoms with Gasteiger partial charge in [-0.3, -0.25) is 9.59 Å². The third kappa shape index (κ3) is 4.10. The number of benzene rings is 1. The molecule has 0 aliphatic carbocycles. The molecule has 3 heterocycles. The Morgan fingerprint density at radius 3 is 2.40 bits per heavy atom. The minimum Gasteiger partial charge on any atom is -0.497 e. The number of amides is 4. The fourth-order valence-electron chi connectivity index (χ4n) is 3.75. The SMILES string of the molecule is COc1ccc(N2C[C@@H](NC(=O)N3CCN(C(=O)c4ccco4)CC3)CC2=O)cc1. The maximum absolute atomic E-state index is 12.6. The van der Waals surface area contributed by atoms with E-state index in [1.54, 1.807) is 46.1 Å². The summed E-state index contributed by atoms with van der Waals surface area (Å²) >= 11 is 0. The van der Waals surface area contributed by atoms with Gasteiger partial charge in [-0.25, -0.2) is 4.79 Å². The highest BCUT2D eigenvalue weighted by molar-refractivity contribution is 5.97. The number of methoxy groups -OCH3 is 1. The van der Waals surface area contributed by atoms with Gasteiger partial charge in [0.1, 0.15) is 5.75 Å². The number of hydrogen-bond acceptors (Lipinski definition) is 5. The lowest BCUT2D eigenvalue weighted by Gasteiger charge is -2.34. The van der Waals surface area contributed by atoms with Crippen molar-refractivity contribution in [1.29, 1.82) is 0 Å². The van der Waals surface area contributed by atoms with Crippen LogP contribution in [0.1, 0.15) is 17.0 Å². The number of furan rings is 1. The summed E-state index contributed by atoms with van der Waals surface area (Å²) in [6.45, 7) is 2.17. The maximum atomic E-state index is 12.6. The first kappa shape index (κ1) is 19.8. The summed E-state index contributed by atoms with van der Waals surface area (Å²) < 4.78 is 10.3. The molecule has 0 saturated carbocycles. The van der Waals surface area contributed by atoms with Gasteiger partial charge >= 0.3 is 6.03 Å². The van der Waals surface area contributed by atoms with Crippen molar-refractivity contribution in [2.45, 2.75) is 12.5 Å². The molecule has 30 heavy (non-hydrogen) atoms. The van der Waals surface area contributed by atoms with Crippen molar-refractivity contribution < 1.29 is 23.5 Å². The molecular formula is C21H24N4O5. The van der Waals surface area contributed by atoms with Crippen molar-refractivity contribution >= 4 is 23.5 Å². The second-order valence-electron chi connectivity index (χ2n) is 7.31. The molecule has 9 nitrogen and oxygen atoms in total. The highest BCUT2D eigenvalue weighted by atomic mass is 16.5. The van der Waals surface area contributed by atoms with Crippen molar-refractivity contribution in [3.05, 3.63) is 48.4 Å². The molecule has 1 atom stereocenters. The zero-order chi connectivity index (χ0) is 21.1. The van der Waals surface area contributed by atoms with Crippen LogP contribution < -0.4 is 15.0 Å². The summed E-state index contributed by atoms with van der Waals surface area (Å²) in [6, 6.07) is 10.1. The lowest BCUT2D eigenvalue weighted by molar-refractivity contribution is -0.117. The number of urea groups is 1. The topological polar surface area (TPSA) is 95.3 Å². The van der Waals surface area contributed by atoms with Crippen LogP contribution in [0.3, 0.4) is 0 Å². The molecule has 4 rings (SSSR count). The van der Waals surface area contributed by atoms with E-state index in [4.69, 9.17) is 9.15 Å². The highest BCUT2D eigenvalue weighted by Gasteiger charge is 2.33. The van der Waals surface area contributed by atoms with E-state index in [9.17, 15) is 14.4 Å². The summed E-state index contributed by atoms with van der Waals surface area (Å²) in [6.07, 6.45) is 1.73. The van der Waals surface area contributed by atoms with Crippen LogP contribution in [0.25, 0.3) is 0 Å². The number of nitrogens with one attached hydrogen (secondary N) is 1. The zero-order valence-corrected chi connectivity index (χ0v) is 16.7. The van der Waals surface area contributed by atoms with E-state index in [1.807, 2.05) is 12.1 Å². The number of piperazine rings is 1. The maximum Gasteiger partial charge on any atom is 0.317 e. The van der Waals surface area contributed by atoms with Gasteiger partial charge < -0.3 is 29.2 Å². The monoisotopic (exact) mass is 412 g/mol. The standard InChI is InChI=1S/C21H24N4O5/c1-29-17-6-4-16(5-7-17)25-14-15(13-19(25)26)22-21(28)24-10-8-23(9-11-24)20(27)18-3-2-12-30-18/h2-7,12,15H,8-11,13-14H2,1H3,(H,22,28)/t15-/m0/s1. The molecule has 0 spiro atoms. The summed E-state index contributed by atoms with van der Waals surface area (Å²) in [5.74, 6) is 0.826. The van der Waals surface area contributed by atoms with Gasteiger partial charge in [-0.15, -0.1) is 0 Å². The van der Waals surface area contributed by atoms with Gasteiger partial charge in [-0.1, -0.05) is 0 Å². The van der Waals surface area contributed by atoms with Gasteiger partial charge in [-0.2, -0.15) is 0 Å². The van der Waals surface area contributed by atoms with Crippen LogP contribution in [-0.2, 0) is 4.79 Å². The first-order valence-electron chi connectivity index (χ1n) is 9.88. The lowest BCUT2D eigenvalue weighted by Crippen LogP contribution is -2.54. The Balaban J connectivity index is 1.28. The van der Waals surface area contributed by atoms with E-state index in [0.29, 0.717) is 38.5 Å². The molecule has 0 bridgehead atoms. The summed E-state index contributed by atoms with van der Waals surface area (Å²) in [7, 11) is 1.59. The number of nitrogens with zero attached hydrogens (tertiary/aromatic N) is 3. The smallest absolute Gasteiger partial charge is 0.317 e. The van der Waals surface area contributed by atoms with Crippen LogP contribution in [0.4, 0.5) is 10.5 Å². The fourth-order valence-corrected chi connectivity index (χ4v) is 3.75. The van der Waals surface area contributed by atoms with E-state index < -0.39 is 0 Å². The molecule has 158 valence electrons. The van der Waals surface area contributed by atoms with Gasteiger partial charge in [0.15, 0.2) is 5.76 Å². The van der Waals surface area contributed by atoms with E-state index in [-0.39, 0.29) is 30.3 Å². The van der Waals surface area contributed by atoms with Crippen molar-refractivity contribution in [1.82, 2.24) is 15.1 Å². The van der Waals surface area contributed by atoms with Gasteiger partial charge in [0, 0.05) is 44.8 Å². The Hall–Kier alpha value is -3.49. The largest absolute Gasteiger partial charge is 0.497 e. The van der Waals surface area contributed by atoms with E-state index in [1.165, 1.54) is 6.26 Å². The molecule has 0 unspecified atom stereocenters. The van der Waals surface area contributed by atoms with E-state index >= 15 is 0 Å². The van der Waals surface area contributed by atoms with Crippen molar-refractivity contribution in [2.75, 3.05) is 44.7 Å². The Morgan fingerprint density at radius 1 is 1.07 bits per heavy atom. The first-order valence-corrected chi connectivity index (χ1v) is 9.88. The molecule has 2 aliphatic heterocycles. The normalized spacial score (nSPS) is 19.2. The summed E-state index contributed by atoms with van der Waals surface area (Å²) in [4.78, 5) is 42.4. The van der Waals surface area contributed by atoms with Crippen molar-refractivity contribution in [3.63, 3.8) is 0 Å². The molecule has 2 aromatic rings. The predicted molar refractivity (Wildman–Crippen MR) is 108 cm³/mol. The third-order valence-corrected chi connectivity index (χ3v) is 5.42. The molecule has 4 amide bonds. The van der Waals surface area contributed by atoms with Gasteiger partial charge in [-0.05, 0) is 36.4 Å². The Labute approximate surface area is 174 Å². The molecule has 1 aromatic carbocycles. The van der Waals surface area contributed by atoms with E-state index in [0.717, 1.165) is 11.4 Å². The second kappa shape index (κ2) is 8.48. The third-order valence-electron chi connectivity index (χ3n) is 5.42. The van der Waals surface area contributed by atoms with Gasteiger partial charge in [0.25, 0.3) is 5.91 Å². The number of anilines is 1. The fraction of sp³-hybridized carbons (Fsp3) is 0.381. The number of carbonyl (C=O) groups excluding carboxylic acids is 3. The van der Waals surface area contributed by atoms with Crippen LogP contribution in [0.5, 0.6) is 5.75 Å². The summed E-state index contributed by atoms with van der Waals surface area (Å²) in [5, 5.41) is 2.95. The Morgan fingerprint density at radius 2 is 1.77 bits per heavy atom. The molecule has 2 saturated heterocycles. The predicted octanol–water partition coefficient (Wildman–Crippen LogP) is 1.56. The van der Waals surface area contributed by atoms with Gasteiger partial charge in [0.2, 0.25) is 5.91 Å². The Bertz CT molecular complexity index is 904. The highest BCUT2D eigenvalue weighted by Crippen LogP contribution is 2.24. The number of carbonyl (C=O) groups is 3. The zero-order valence-electron chi connectivity index (χ0n) is 16.7. The minimum absolute atomic E-state index is 0.0284. The van der Waals surface area contributed by atoms with E-state index in [2.05, 4.69) is 5.32 Å². The van der Waals surface area contributed by atoms with Crippen LogP contribution in [-0.4, -0.2) is 73.5 Å². The lowest BCUT2D eigenvalue weighted by atomic mass is 10.2. The van der Waals surface area contributed by atoms with Crippen molar-refractivity contribution in [3.8, 4) is 5.75 Å². The quantitative estimate of drug-likeness (QED) is 0.822. The van der Waals surface area contributed by atoms with Crippen LogP contribution >= 0.6 is 0 Å². The molecule has 1 aromatic heterocycles. The number of ether oxygens (including phenoxy) is 1. The van der Waals surface area contributed by atoms with Crippen molar-refractivity contribution in [2.24, 2.45) is 0 Å². The van der Waals surface area contributed by atoms with Gasteiger partial charge in [0.05, 0.1) is 19.4 Å². The molecule has 1 N–H and O–H groups in total. The number of hydrogen-bond donors (Lipinski definition) is 1. The molecule has 9 heteroatoms. The molecular weight excluding hydrogens is 388 g/mol. The second-order valence-corrected chi connectivity index (χ2v) is 7.31. The van der Waals surface area contributed by atoms with Crippen LogP contribution in [0.15, 0.2) is 47.1 Å². The Kier molecular flexibility index (Phi) is 5.60. The summed E-state index contributed by atoms with van der Waals surface area (Å²) in [5.41, 5.74) is 0.780. The first-order chi connectivity index (χ1) is 14.5. The van der Waals surface area contributed by atoms with Crippen LogP contribution in [0, 0.1) is 0 Å². The average molecular weight is 412 g/mol.